The summed E-state index contributed by atoms with van der Waals surface area (Å²) in [4.78, 5) is 0. The van der Waals surface area contributed by atoms with E-state index in [1.54, 1.807) is 0 Å². The Labute approximate surface area is 173 Å². The molecule has 0 atom stereocenters. The van der Waals surface area contributed by atoms with Gasteiger partial charge in [0.1, 0.15) is 0 Å². The van der Waals surface area contributed by atoms with E-state index in [4.69, 9.17) is 20.9 Å². The van der Waals surface area contributed by atoms with Crippen molar-refractivity contribution in [1.82, 2.24) is 0 Å². The number of halogens is 3. The normalized spacial score (nSPS) is 26.3. The first-order valence-corrected chi connectivity index (χ1v) is 10.7. The molecule has 156 valence electrons. The molecule has 2 aliphatic carbocycles. The van der Waals surface area contributed by atoms with Crippen molar-refractivity contribution in [2.75, 3.05) is 0 Å². The van der Waals surface area contributed by atoms with Gasteiger partial charge < -0.3 is 9.31 Å². The maximum atomic E-state index is 13.2. The lowest BCUT2D eigenvalue weighted by Crippen LogP contribution is -2.52. The summed E-state index contributed by atoms with van der Waals surface area (Å²) in [5.41, 5.74) is 2.15. The zero-order valence-electron chi connectivity index (χ0n) is 18.1. The molecular weight excluding hydrogens is 381 g/mol. The molecule has 1 aliphatic heterocycles. The molecule has 1 saturated heterocycles. The standard InChI is InChI=1S/C20H26BClF2O2.C2H6/c1-12-6-14(13-8-19(9-13)10-20(23,24)11-19)16(22)7-15(12)21-25-17(2,3)18(4,5)26-21;1-2/h6-7,13H,8-11H2,1-5H3;1-2H3. The zero-order valence-corrected chi connectivity index (χ0v) is 18.8. The fourth-order valence-corrected chi connectivity index (χ4v) is 5.12. The van der Waals surface area contributed by atoms with Crippen molar-refractivity contribution in [3.05, 3.63) is 28.3 Å². The summed E-state index contributed by atoms with van der Waals surface area (Å²) in [6.45, 7) is 14.1. The molecule has 0 unspecified atom stereocenters. The van der Waals surface area contributed by atoms with E-state index in [1.165, 1.54) is 0 Å². The average molecular weight is 413 g/mol. The van der Waals surface area contributed by atoms with Crippen LogP contribution in [0, 0.1) is 12.3 Å². The Morgan fingerprint density at radius 3 is 1.96 bits per heavy atom. The highest BCUT2D eigenvalue weighted by molar-refractivity contribution is 6.63. The Balaban J connectivity index is 0.00000109. The van der Waals surface area contributed by atoms with Gasteiger partial charge in [0.2, 0.25) is 5.92 Å². The van der Waals surface area contributed by atoms with Crippen molar-refractivity contribution in [2.24, 2.45) is 5.41 Å². The Hall–Kier alpha value is -0.645. The number of hydrogen-bond donors (Lipinski definition) is 0. The summed E-state index contributed by atoms with van der Waals surface area (Å²) >= 11 is 6.58. The third-order valence-electron chi connectivity index (χ3n) is 6.96. The second-order valence-electron chi connectivity index (χ2n) is 9.63. The van der Waals surface area contributed by atoms with Crippen LogP contribution in [-0.2, 0) is 9.31 Å². The summed E-state index contributed by atoms with van der Waals surface area (Å²) in [6, 6.07) is 4.03. The average Bonchev–Trinajstić information content (AvgIpc) is 2.74. The number of benzene rings is 1. The van der Waals surface area contributed by atoms with Crippen molar-refractivity contribution in [3.8, 4) is 0 Å². The van der Waals surface area contributed by atoms with Gasteiger partial charge >= 0.3 is 7.12 Å². The molecule has 3 fully saturated rings. The van der Waals surface area contributed by atoms with Crippen molar-refractivity contribution in [2.45, 2.75) is 97.2 Å². The Morgan fingerprint density at radius 1 is 1.00 bits per heavy atom. The Morgan fingerprint density at radius 2 is 1.50 bits per heavy atom. The number of aryl methyl sites for hydroxylation is 1. The van der Waals surface area contributed by atoms with Gasteiger partial charge in [-0.15, -0.1) is 0 Å². The summed E-state index contributed by atoms with van der Waals surface area (Å²) in [5, 5.41) is 0.686. The molecule has 1 aromatic carbocycles. The van der Waals surface area contributed by atoms with Crippen LogP contribution in [0.3, 0.4) is 0 Å². The van der Waals surface area contributed by atoms with Crippen LogP contribution >= 0.6 is 11.6 Å². The zero-order chi connectivity index (χ0) is 21.1. The maximum Gasteiger partial charge on any atom is 0.495 e. The first-order chi connectivity index (χ1) is 12.8. The molecular formula is C22H32BClF2O2. The summed E-state index contributed by atoms with van der Waals surface area (Å²) in [7, 11) is -0.440. The minimum atomic E-state index is -2.45. The van der Waals surface area contributed by atoms with E-state index in [0.717, 1.165) is 29.4 Å². The van der Waals surface area contributed by atoms with Gasteiger partial charge in [0.25, 0.3) is 0 Å². The molecule has 28 heavy (non-hydrogen) atoms. The fourth-order valence-electron chi connectivity index (χ4n) is 4.80. The van der Waals surface area contributed by atoms with E-state index in [-0.39, 0.29) is 24.2 Å². The van der Waals surface area contributed by atoms with Gasteiger partial charge in [0, 0.05) is 17.9 Å². The van der Waals surface area contributed by atoms with Crippen LogP contribution in [0.4, 0.5) is 8.78 Å². The van der Waals surface area contributed by atoms with E-state index in [9.17, 15) is 8.78 Å². The highest BCUT2D eigenvalue weighted by atomic mass is 35.5. The van der Waals surface area contributed by atoms with Gasteiger partial charge in [-0.3, -0.25) is 0 Å². The molecule has 0 radical (unpaired) electrons. The summed E-state index contributed by atoms with van der Waals surface area (Å²) in [5.74, 6) is -2.17. The van der Waals surface area contributed by atoms with E-state index in [0.29, 0.717) is 5.02 Å². The molecule has 1 spiro atoms. The van der Waals surface area contributed by atoms with Crippen molar-refractivity contribution >= 4 is 24.2 Å². The summed E-state index contributed by atoms with van der Waals surface area (Å²) in [6.07, 6.45) is 1.72. The van der Waals surface area contributed by atoms with Crippen LogP contribution in [0.25, 0.3) is 0 Å². The largest absolute Gasteiger partial charge is 0.495 e. The van der Waals surface area contributed by atoms with E-state index in [2.05, 4.69) is 6.07 Å². The van der Waals surface area contributed by atoms with Gasteiger partial charge in [-0.05, 0) is 75.9 Å². The molecule has 2 nitrogen and oxygen atoms in total. The Kier molecular flexibility index (Phi) is 5.48. The minimum absolute atomic E-state index is 0.0408. The van der Waals surface area contributed by atoms with Crippen LogP contribution in [0.5, 0.6) is 0 Å². The molecule has 0 aromatic heterocycles. The van der Waals surface area contributed by atoms with Crippen molar-refractivity contribution < 1.29 is 18.1 Å². The summed E-state index contributed by atoms with van der Waals surface area (Å²) < 4.78 is 38.7. The van der Waals surface area contributed by atoms with Crippen LogP contribution in [0.15, 0.2) is 12.1 Å². The van der Waals surface area contributed by atoms with Gasteiger partial charge in [-0.25, -0.2) is 8.78 Å². The van der Waals surface area contributed by atoms with E-state index in [1.807, 2.05) is 54.5 Å². The monoisotopic (exact) mass is 412 g/mol. The van der Waals surface area contributed by atoms with Crippen LogP contribution < -0.4 is 5.46 Å². The molecule has 4 rings (SSSR count). The lowest BCUT2D eigenvalue weighted by atomic mass is 9.49. The molecule has 2 saturated carbocycles. The lowest BCUT2D eigenvalue weighted by Gasteiger charge is -2.57. The molecule has 1 heterocycles. The first-order valence-electron chi connectivity index (χ1n) is 10.4. The topological polar surface area (TPSA) is 18.5 Å². The quantitative estimate of drug-likeness (QED) is 0.533. The highest BCUT2D eigenvalue weighted by Crippen LogP contribution is 2.67. The number of rotatable bonds is 2. The number of alkyl halides is 2. The van der Waals surface area contributed by atoms with Crippen LogP contribution in [0.1, 0.15) is 84.3 Å². The Bertz CT molecular complexity index is 731. The fraction of sp³-hybridized carbons (Fsp3) is 0.727. The molecule has 0 N–H and O–H groups in total. The third-order valence-corrected chi connectivity index (χ3v) is 7.29. The molecule has 0 bridgehead atoms. The number of hydrogen-bond acceptors (Lipinski definition) is 2. The molecule has 1 aromatic rings. The highest BCUT2D eigenvalue weighted by Gasteiger charge is 2.62. The maximum absolute atomic E-state index is 13.2. The second-order valence-corrected chi connectivity index (χ2v) is 10.0. The SMILES string of the molecule is CC.Cc1cc(C2CC3(C2)CC(F)(F)C3)c(Cl)cc1B1OC(C)(C)C(C)(C)O1. The predicted molar refractivity (Wildman–Crippen MR) is 112 cm³/mol. The van der Waals surface area contributed by atoms with Gasteiger partial charge in [-0.1, -0.05) is 37.1 Å². The van der Waals surface area contributed by atoms with E-state index >= 15 is 0 Å². The smallest absolute Gasteiger partial charge is 0.399 e. The van der Waals surface area contributed by atoms with Crippen molar-refractivity contribution in [1.29, 1.82) is 0 Å². The molecule has 6 heteroatoms. The van der Waals surface area contributed by atoms with Gasteiger partial charge in [0.15, 0.2) is 0 Å². The first kappa shape index (κ1) is 22.0. The van der Waals surface area contributed by atoms with Crippen molar-refractivity contribution in [3.63, 3.8) is 0 Å². The molecule has 0 amide bonds. The minimum Gasteiger partial charge on any atom is -0.399 e. The third kappa shape index (κ3) is 3.63. The second kappa shape index (κ2) is 6.96. The van der Waals surface area contributed by atoms with Gasteiger partial charge in [-0.2, -0.15) is 0 Å². The molecule has 3 aliphatic rings. The van der Waals surface area contributed by atoms with Gasteiger partial charge in [0.05, 0.1) is 11.2 Å². The van der Waals surface area contributed by atoms with E-state index < -0.39 is 24.2 Å². The lowest BCUT2D eigenvalue weighted by molar-refractivity contribution is -0.196. The van der Waals surface area contributed by atoms with Crippen LogP contribution in [-0.4, -0.2) is 24.2 Å². The van der Waals surface area contributed by atoms with Crippen LogP contribution in [0.2, 0.25) is 5.02 Å². The predicted octanol–water partition coefficient (Wildman–Crippen LogP) is 6.27.